The van der Waals surface area contributed by atoms with Crippen LogP contribution in [0, 0.1) is 0 Å². The predicted molar refractivity (Wildman–Crippen MR) is 134 cm³/mol. The number of carbonyl (C=O) groups excluding carboxylic acids is 2. The number of halogens is 1. The average Bonchev–Trinajstić information content (AvgIpc) is 2.86. The van der Waals surface area contributed by atoms with Gasteiger partial charge in [-0.25, -0.2) is 10.2 Å². The first-order chi connectivity index (χ1) is 16.5. The second-order valence-electron chi connectivity index (χ2n) is 7.23. The molecule has 0 fully saturated rings. The van der Waals surface area contributed by atoms with E-state index in [1.807, 2.05) is 0 Å². The lowest BCUT2D eigenvalue weighted by molar-refractivity contribution is 0.0734. The number of rotatable bonds is 10. The molecule has 0 saturated carbocycles. The Morgan fingerprint density at radius 2 is 1.65 bits per heavy atom. The molecule has 0 unspecified atom stereocenters. The van der Waals surface area contributed by atoms with Crippen molar-refractivity contribution in [3.8, 4) is 17.2 Å². The third-order valence-electron chi connectivity index (χ3n) is 4.75. The molecule has 3 aromatic rings. The molecule has 176 valence electrons. The molecule has 0 heterocycles. The Hall–Kier alpha value is -3.65. The molecule has 0 aliphatic rings. The molecule has 34 heavy (non-hydrogen) atoms. The standard InChI is InChI=1S/C26H25BrN2O5/c1-3-4-15-33-23-12-5-18(6-13-23)25(30)29-28-17-20-16-21(27)9-14-24(20)34-26(31)19-7-10-22(32-2)11-8-19/h5-14,16-17H,3-4,15H2,1-2H3,(H,29,30)/b28-17-. The summed E-state index contributed by atoms with van der Waals surface area (Å²) in [6, 6.07) is 18.6. The van der Waals surface area contributed by atoms with Crippen LogP contribution in [0.5, 0.6) is 17.2 Å². The van der Waals surface area contributed by atoms with Crippen molar-refractivity contribution >= 4 is 34.0 Å². The highest BCUT2D eigenvalue weighted by Gasteiger charge is 2.12. The molecular formula is C26H25BrN2O5. The summed E-state index contributed by atoms with van der Waals surface area (Å²) in [5, 5.41) is 4.02. The molecule has 0 aromatic heterocycles. The fourth-order valence-electron chi connectivity index (χ4n) is 2.86. The fourth-order valence-corrected chi connectivity index (χ4v) is 3.24. The molecule has 1 amide bonds. The van der Waals surface area contributed by atoms with E-state index >= 15 is 0 Å². The van der Waals surface area contributed by atoms with Crippen molar-refractivity contribution in [2.75, 3.05) is 13.7 Å². The second-order valence-corrected chi connectivity index (χ2v) is 8.14. The van der Waals surface area contributed by atoms with Gasteiger partial charge < -0.3 is 14.2 Å². The Balaban J connectivity index is 1.64. The van der Waals surface area contributed by atoms with Gasteiger partial charge in [0.2, 0.25) is 0 Å². The smallest absolute Gasteiger partial charge is 0.343 e. The maximum atomic E-state index is 12.5. The molecule has 0 spiro atoms. The van der Waals surface area contributed by atoms with Gasteiger partial charge in [0.25, 0.3) is 5.91 Å². The van der Waals surface area contributed by atoms with Gasteiger partial charge in [0.1, 0.15) is 17.2 Å². The molecule has 0 bridgehead atoms. The molecular weight excluding hydrogens is 500 g/mol. The Labute approximate surface area is 206 Å². The molecule has 0 aliphatic carbocycles. The molecule has 1 N–H and O–H groups in total. The number of hydrazone groups is 1. The van der Waals surface area contributed by atoms with E-state index in [4.69, 9.17) is 14.2 Å². The van der Waals surface area contributed by atoms with Crippen LogP contribution in [0.15, 0.2) is 76.3 Å². The van der Waals surface area contributed by atoms with Crippen molar-refractivity contribution in [2.45, 2.75) is 19.8 Å². The van der Waals surface area contributed by atoms with Crippen molar-refractivity contribution < 1.29 is 23.8 Å². The number of carbonyl (C=O) groups is 2. The lowest BCUT2D eigenvalue weighted by atomic mass is 10.2. The summed E-state index contributed by atoms with van der Waals surface area (Å²) in [6.07, 6.45) is 3.45. The van der Waals surface area contributed by atoms with Crippen molar-refractivity contribution in [2.24, 2.45) is 5.10 Å². The van der Waals surface area contributed by atoms with Crippen molar-refractivity contribution in [3.05, 3.63) is 87.9 Å². The monoisotopic (exact) mass is 524 g/mol. The van der Waals surface area contributed by atoms with Crippen molar-refractivity contribution in [3.63, 3.8) is 0 Å². The van der Waals surface area contributed by atoms with Crippen LogP contribution in [0.4, 0.5) is 0 Å². The number of hydrogen-bond donors (Lipinski definition) is 1. The minimum atomic E-state index is -0.523. The van der Waals surface area contributed by atoms with E-state index in [-0.39, 0.29) is 5.91 Å². The van der Waals surface area contributed by atoms with E-state index in [2.05, 4.69) is 33.4 Å². The van der Waals surface area contributed by atoms with Crippen LogP contribution in [-0.4, -0.2) is 31.8 Å². The zero-order valence-corrected chi connectivity index (χ0v) is 20.5. The predicted octanol–water partition coefficient (Wildman–Crippen LogP) is 5.62. The first kappa shape index (κ1) is 25.0. The summed E-state index contributed by atoms with van der Waals surface area (Å²) in [7, 11) is 1.55. The third-order valence-corrected chi connectivity index (χ3v) is 5.25. The zero-order valence-electron chi connectivity index (χ0n) is 18.9. The zero-order chi connectivity index (χ0) is 24.3. The second kappa shape index (κ2) is 12.6. The summed E-state index contributed by atoms with van der Waals surface area (Å²) >= 11 is 3.39. The van der Waals surface area contributed by atoms with Crippen LogP contribution in [0.1, 0.15) is 46.0 Å². The molecule has 3 aromatic carbocycles. The minimum Gasteiger partial charge on any atom is -0.497 e. The van der Waals surface area contributed by atoms with E-state index in [1.165, 1.54) is 6.21 Å². The van der Waals surface area contributed by atoms with Crippen LogP contribution in [0.2, 0.25) is 0 Å². The lowest BCUT2D eigenvalue weighted by Gasteiger charge is -2.09. The van der Waals surface area contributed by atoms with Gasteiger partial charge in [-0.2, -0.15) is 5.10 Å². The number of ether oxygens (including phenoxy) is 3. The number of unbranched alkanes of at least 4 members (excludes halogenated alkanes) is 1. The Bertz CT molecular complexity index is 1140. The maximum absolute atomic E-state index is 12.5. The fraction of sp³-hybridized carbons (Fsp3) is 0.192. The number of hydrogen-bond acceptors (Lipinski definition) is 6. The summed E-state index contributed by atoms with van der Waals surface area (Å²) in [4.78, 5) is 24.9. The summed E-state index contributed by atoms with van der Waals surface area (Å²) in [6.45, 7) is 2.74. The van der Waals surface area contributed by atoms with Gasteiger partial charge in [0.05, 0.1) is 25.5 Å². The van der Waals surface area contributed by atoms with Gasteiger partial charge in [0.15, 0.2) is 0 Å². The van der Waals surface area contributed by atoms with E-state index in [1.54, 1.807) is 73.8 Å². The van der Waals surface area contributed by atoms with Gasteiger partial charge >= 0.3 is 5.97 Å². The Morgan fingerprint density at radius 3 is 2.32 bits per heavy atom. The Kier molecular flexibility index (Phi) is 9.22. The van der Waals surface area contributed by atoms with E-state index in [0.717, 1.165) is 17.3 Å². The van der Waals surface area contributed by atoms with Gasteiger partial charge in [-0.1, -0.05) is 29.3 Å². The van der Waals surface area contributed by atoms with Crippen LogP contribution < -0.4 is 19.6 Å². The maximum Gasteiger partial charge on any atom is 0.343 e. The number of nitrogens with one attached hydrogen (secondary N) is 1. The van der Waals surface area contributed by atoms with Crippen molar-refractivity contribution in [1.82, 2.24) is 5.43 Å². The molecule has 0 atom stereocenters. The number of amides is 1. The van der Waals surface area contributed by atoms with Crippen LogP contribution in [-0.2, 0) is 0 Å². The molecule has 8 heteroatoms. The highest BCUT2D eigenvalue weighted by atomic mass is 79.9. The Morgan fingerprint density at radius 1 is 0.971 bits per heavy atom. The molecule has 0 radical (unpaired) electrons. The van der Waals surface area contributed by atoms with E-state index < -0.39 is 5.97 Å². The van der Waals surface area contributed by atoms with Gasteiger partial charge in [-0.3, -0.25) is 4.79 Å². The van der Waals surface area contributed by atoms with E-state index in [0.29, 0.717) is 40.5 Å². The normalized spacial score (nSPS) is 10.7. The highest BCUT2D eigenvalue weighted by Crippen LogP contribution is 2.23. The van der Waals surface area contributed by atoms with Crippen LogP contribution >= 0.6 is 15.9 Å². The van der Waals surface area contributed by atoms with Crippen LogP contribution in [0.25, 0.3) is 0 Å². The lowest BCUT2D eigenvalue weighted by Crippen LogP contribution is -2.17. The first-order valence-electron chi connectivity index (χ1n) is 10.7. The minimum absolute atomic E-state index is 0.301. The average molecular weight is 525 g/mol. The number of methoxy groups -OCH3 is 1. The van der Waals surface area contributed by atoms with Crippen molar-refractivity contribution in [1.29, 1.82) is 0 Å². The third kappa shape index (κ3) is 7.18. The largest absolute Gasteiger partial charge is 0.497 e. The topological polar surface area (TPSA) is 86.2 Å². The molecule has 0 saturated heterocycles. The number of nitrogens with zero attached hydrogens (tertiary/aromatic N) is 1. The van der Waals surface area contributed by atoms with Gasteiger partial charge in [0, 0.05) is 15.6 Å². The summed E-state index contributed by atoms with van der Waals surface area (Å²) in [5.41, 5.74) is 3.82. The number of benzene rings is 3. The summed E-state index contributed by atoms with van der Waals surface area (Å²) < 4.78 is 17.0. The number of esters is 1. The first-order valence-corrected chi connectivity index (χ1v) is 11.5. The van der Waals surface area contributed by atoms with Crippen LogP contribution in [0.3, 0.4) is 0 Å². The highest BCUT2D eigenvalue weighted by molar-refractivity contribution is 9.10. The van der Waals surface area contributed by atoms with E-state index in [9.17, 15) is 9.59 Å². The van der Waals surface area contributed by atoms with Gasteiger partial charge in [-0.05, 0) is 73.2 Å². The molecule has 3 rings (SSSR count). The molecule has 7 nitrogen and oxygen atoms in total. The SMILES string of the molecule is CCCCOc1ccc(C(=O)N/N=C\c2cc(Br)ccc2OC(=O)c2ccc(OC)cc2)cc1. The molecule has 0 aliphatic heterocycles. The quantitative estimate of drug-likeness (QED) is 0.122. The van der Waals surface area contributed by atoms with Gasteiger partial charge in [-0.15, -0.1) is 0 Å². The summed E-state index contributed by atoms with van der Waals surface area (Å²) in [5.74, 6) is 0.761.